The summed E-state index contributed by atoms with van der Waals surface area (Å²) in [5.41, 5.74) is 6.60. The molecular formula is C31H39N3O4. The second kappa shape index (κ2) is 10.1. The molecule has 1 saturated heterocycles. The molecule has 0 unspecified atom stereocenters. The summed E-state index contributed by atoms with van der Waals surface area (Å²) in [5, 5.41) is 0. The number of morpholine rings is 1. The van der Waals surface area contributed by atoms with Crippen LogP contribution in [-0.4, -0.2) is 59.9 Å². The van der Waals surface area contributed by atoms with Crippen LogP contribution < -0.4 is 9.47 Å². The van der Waals surface area contributed by atoms with E-state index in [-0.39, 0.29) is 5.91 Å². The molecule has 1 amide bonds. The van der Waals surface area contributed by atoms with Gasteiger partial charge in [-0.2, -0.15) is 0 Å². The number of amides is 1. The van der Waals surface area contributed by atoms with Gasteiger partial charge >= 0.3 is 0 Å². The second-order valence-electron chi connectivity index (χ2n) is 11.5. The molecule has 7 heteroatoms. The molecule has 1 fully saturated rings. The molecule has 2 aliphatic rings. The predicted molar refractivity (Wildman–Crippen MR) is 149 cm³/mol. The maximum atomic E-state index is 14.1. The molecule has 0 spiro atoms. The van der Waals surface area contributed by atoms with E-state index >= 15 is 0 Å². The number of hydrogen-bond donors (Lipinski definition) is 0. The van der Waals surface area contributed by atoms with Gasteiger partial charge in [0, 0.05) is 12.1 Å². The zero-order chi connectivity index (χ0) is 27.2. The van der Waals surface area contributed by atoms with Crippen LogP contribution in [-0.2, 0) is 24.0 Å². The maximum absolute atomic E-state index is 14.1. The average molecular weight is 518 g/mol. The highest BCUT2D eigenvalue weighted by molar-refractivity contribution is 5.95. The third-order valence-corrected chi connectivity index (χ3v) is 7.72. The largest absolute Gasteiger partial charge is 0.497 e. The Hall–Kier alpha value is -3.32. The number of aromatic nitrogens is 2. The Morgan fingerprint density at radius 3 is 2.58 bits per heavy atom. The van der Waals surface area contributed by atoms with Gasteiger partial charge in [-0.15, -0.1) is 0 Å². The number of rotatable bonds is 6. The average Bonchev–Trinajstić information content (AvgIpc) is 3.27. The zero-order valence-corrected chi connectivity index (χ0v) is 23.7. The van der Waals surface area contributed by atoms with E-state index in [1.54, 1.807) is 14.2 Å². The van der Waals surface area contributed by atoms with Crippen LogP contribution in [0, 0.1) is 12.8 Å². The van der Waals surface area contributed by atoms with E-state index in [1.807, 2.05) is 23.1 Å². The van der Waals surface area contributed by atoms with Crippen molar-refractivity contribution in [2.24, 2.45) is 5.92 Å². The molecule has 202 valence electrons. The number of carbonyl (C=O) groups is 1. The molecule has 2 aliphatic heterocycles. The van der Waals surface area contributed by atoms with Crippen molar-refractivity contribution in [3.05, 3.63) is 58.4 Å². The van der Waals surface area contributed by atoms with Crippen molar-refractivity contribution in [1.82, 2.24) is 14.5 Å². The molecular weight excluding hydrogens is 478 g/mol. The summed E-state index contributed by atoms with van der Waals surface area (Å²) in [6.07, 6.45) is 2.46. The molecule has 0 radical (unpaired) electrons. The molecule has 2 aromatic carbocycles. The molecule has 7 nitrogen and oxygen atoms in total. The van der Waals surface area contributed by atoms with Crippen LogP contribution in [0.5, 0.6) is 11.5 Å². The summed E-state index contributed by atoms with van der Waals surface area (Å²) >= 11 is 0. The SMILES string of the molecule is COc1ccc(-c2nc(C(=O)N3CCOCC3(C)C)c3n2-c2cc(CC(C)C)c(OC)cc2CC3)c(C)c1. The van der Waals surface area contributed by atoms with Gasteiger partial charge < -0.3 is 19.1 Å². The number of nitrogens with zero attached hydrogens (tertiary/aromatic N) is 3. The first-order valence-electron chi connectivity index (χ1n) is 13.5. The van der Waals surface area contributed by atoms with Crippen molar-refractivity contribution >= 4 is 5.91 Å². The molecule has 5 rings (SSSR count). The van der Waals surface area contributed by atoms with Crippen LogP contribution in [0.1, 0.15) is 60.6 Å². The summed E-state index contributed by atoms with van der Waals surface area (Å²) in [6.45, 7) is 12.2. The van der Waals surface area contributed by atoms with Crippen LogP contribution in [0.4, 0.5) is 0 Å². The molecule has 3 heterocycles. The molecule has 0 bridgehead atoms. The Kier molecular flexibility index (Phi) is 6.99. The van der Waals surface area contributed by atoms with Crippen molar-refractivity contribution in [2.45, 2.75) is 59.4 Å². The standard InChI is InChI=1S/C31H39N3O4/c1-19(2)14-22-16-26-21(17-27(22)37-7)8-11-25-28(30(35)33-12-13-38-18-31(33,4)5)32-29(34(25)26)24-10-9-23(36-6)15-20(24)3/h9-10,15-17,19H,8,11-14,18H2,1-7H3. The van der Waals surface area contributed by atoms with Crippen LogP contribution >= 0.6 is 0 Å². The van der Waals surface area contributed by atoms with E-state index in [0.717, 1.165) is 59.1 Å². The minimum absolute atomic E-state index is 0.0289. The first-order valence-corrected chi connectivity index (χ1v) is 13.5. The van der Waals surface area contributed by atoms with Gasteiger partial charge in [-0.1, -0.05) is 13.8 Å². The molecule has 1 aromatic heterocycles. The quantitative estimate of drug-likeness (QED) is 0.437. The number of imidazole rings is 1. The highest BCUT2D eigenvalue weighted by atomic mass is 16.5. The summed E-state index contributed by atoms with van der Waals surface area (Å²) in [5.74, 6) is 2.97. The number of fused-ring (bicyclic) bond motifs is 3. The van der Waals surface area contributed by atoms with Gasteiger partial charge in [-0.25, -0.2) is 4.98 Å². The van der Waals surface area contributed by atoms with E-state index in [0.29, 0.717) is 31.4 Å². The number of hydrogen-bond acceptors (Lipinski definition) is 5. The molecule has 0 atom stereocenters. The Bertz CT molecular complexity index is 1370. The third kappa shape index (κ3) is 4.57. The fourth-order valence-corrected chi connectivity index (χ4v) is 5.78. The van der Waals surface area contributed by atoms with Crippen LogP contribution in [0.15, 0.2) is 30.3 Å². The number of benzene rings is 2. The minimum Gasteiger partial charge on any atom is -0.497 e. The lowest BCUT2D eigenvalue weighted by Gasteiger charge is -2.41. The fourth-order valence-electron chi connectivity index (χ4n) is 5.78. The summed E-state index contributed by atoms with van der Waals surface area (Å²) in [6, 6.07) is 10.4. The predicted octanol–water partition coefficient (Wildman–Crippen LogP) is 5.41. The topological polar surface area (TPSA) is 65.8 Å². The van der Waals surface area contributed by atoms with E-state index in [4.69, 9.17) is 19.2 Å². The lowest BCUT2D eigenvalue weighted by Crippen LogP contribution is -2.55. The fraction of sp³-hybridized carbons (Fsp3) is 0.484. The van der Waals surface area contributed by atoms with Gasteiger partial charge in [0.1, 0.15) is 17.3 Å². The summed E-state index contributed by atoms with van der Waals surface area (Å²) in [7, 11) is 3.41. The maximum Gasteiger partial charge on any atom is 0.274 e. The van der Waals surface area contributed by atoms with Gasteiger partial charge in [0.15, 0.2) is 5.69 Å². The molecule has 3 aromatic rings. The first kappa shape index (κ1) is 26.3. The Morgan fingerprint density at radius 1 is 1.13 bits per heavy atom. The van der Waals surface area contributed by atoms with Crippen LogP contribution in [0.3, 0.4) is 0 Å². The lowest BCUT2D eigenvalue weighted by molar-refractivity contribution is -0.0373. The molecule has 0 aliphatic carbocycles. The van der Waals surface area contributed by atoms with Gasteiger partial charge in [-0.3, -0.25) is 9.36 Å². The van der Waals surface area contributed by atoms with Crippen molar-refractivity contribution in [3.8, 4) is 28.6 Å². The summed E-state index contributed by atoms with van der Waals surface area (Å²) in [4.78, 5) is 21.1. The van der Waals surface area contributed by atoms with Crippen molar-refractivity contribution in [3.63, 3.8) is 0 Å². The summed E-state index contributed by atoms with van der Waals surface area (Å²) < 4.78 is 19.2. The normalized spacial score (nSPS) is 16.3. The molecule has 0 saturated carbocycles. The van der Waals surface area contributed by atoms with Crippen molar-refractivity contribution in [1.29, 1.82) is 0 Å². The van der Waals surface area contributed by atoms with Gasteiger partial charge in [0.05, 0.1) is 44.4 Å². The number of carbonyl (C=O) groups excluding carboxylic acids is 1. The number of methoxy groups -OCH3 is 2. The number of aryl methyl sites for hydroxylation is 2. The highest BCUT2D eigenvalue weighted by Gasteiger charge is 2.38. The number of ether oxygens (including phenoxy) is 3. The van der Waals surface area contributed by atoms with E-state index in [9.17, 15) is 4.79 Å². The monoisotopic (exact) mass is 517 g/mol. The highest BCUT2D eigenvalue weighted by Crippen LogP contribution is 2.39. The first-order chi connectivity index (χ1) is 18.1. The second-order valence-corrected chi connectivity index (χ2v) is 11.5. The Morgan fingerprint density at radius 2 is 1.92 bits per heavy atom. The van der Waals surface area contributed by atoms with Gasteiger partial charge in [0.2, 0.25) is 0 Å². The smallest absolute Gasteiger partial charge is 0.274 e. The Balaban J connectivity index is 1.73. The van der Waals surface area contributed by atoms with Crippen molar-refractivity contribution in [2.75, 3.05) is 34.0 Å². The van der Waals surface area contributed by atoms with E-state index in [1.165, 1.54) is 11.1 Å². The Labute approximate surface area is 225 Å². The van der Waals surface area contributed by atoms with Crippen LogP contribution in [0.25, 0.3) is 17.1 Å². The molecule has 0 N–H and O–H groups in total. The van der Waals surface area contributed by atoms with E-state index in [2.05, 4.69) is 51.3 Å². The van der Waals surface area contributed by atoms with E-state index < -0.39 is 5.54 Å². The lowest BCUT2D eigenvalue weighted by atomic mass is 9.94. The molecule has 38 heavy (non-hydrogen) atoms. The van der Waals surface area contributed by atoms with Crippen LogP contribution in [0.2, 0.25) is 0 Å². The minimum atomic E-state index is -0.396. The van der Waals surface area contributed by atoms with Crippen molar-refractivity contribution < 1.29 is 19.0 Å². The van der Waals surface area contributed by atoms with Gasteiger partial charge in [-0.05, 0) is 93.0 Å². The third-order valence-electron chi connectivity index (χ3n) is 7.72. The van der Waals surface area contributed by atoms with Gasteiger partial charge in [0.25, 0.3) is 5.91 Å². The zero-order valence-electron chi connectivity index (χ0n) is 23.7.